The summed E-state index contributed by atoms with van der Waals surface area (Å²) in [5.41, 5.74) is 0.424. The van der Waals surface area contributed by atoms with Crippen LogP contribution in [-0.4, -0.2) is 62.3 Å². The lowest BCUT2D eigenvalue weighted by Crippen LogP contribution is -2.55. The molecule has 0 saturated carbocycles. The summed E-state index contributed by atoms with van der Waals surface area (Å²) in [6, 6.07) is 11.7. The van der Waals surface area contributed by atoms with Gasteiger partial charge in [-0.05, 0) is 49.1 Å². The number of benzene rings is 1. The molecule has 1 saturated heterocycles. The second kappa shape index (κ2) is 9.50. The van der Waals surface area contributed by atoms with Crippen molar-refractivity contribution >= 4 is 27.3 Å². The average molecular weight is 433 g/mol. The van der Waals surface area contributed by atoms with Gasteiger partial charge >= 0.3 is 0 Å². The number of amides is 1. The molecule has 0 bridgehead atoms. The molecule has 3 rings (SSSR count). The quantitative estimate of drug-likeness (QED) is 0.718. The number of rotatable bonds is 7. The maximum atomic E-state index is 12.8. The Hall–Kier alpha value is -2.25. The molecule has 1 aromatic heterocycles. The van der Waals surface area contributed by atoms with Crippen LogP contribution in [0.3, 0.4) is 0 Å². The Morgan fingerprint density at radius 2 is 1.90 bits per heavy atom. The molecular formula is C20H24N4O3S2. The summed E-state index contributed by atoms with van der Waals surface area (Å²) in [6.45, 7) is 4.09. The van der Waals surface area contributed by atoms with E-state index in [1.165, 1.54) is 33.4 Å². The number of nitrogens with zero attached hydrogens (tertiary/aromatic N) is 3. The van der Waals surface area contributed by atoms with Crippen LogP contribution in [0, 0.1) is 11.3 Å². The van der Waals surface area contributed by atoms with Crippen molar-refractivity contribution in [3.05, 3.63) is 52.2 Å². The molecule has 154 valence electrons. The molecule has 1 fully saturated rings. The van der Waals surface area contributed by atoms with Crippen molar-refractivity contribution in [2.24, 2.45) is 0 Å². The molecule has 1 aromatic carbocycles. The fraction of sp³-hybridized carbons (Fsp3) is 0.400. The highest BCUT2D eigenvalue weighted by Gasteiger charge is 2.31. The second-order valence-electron chi connectivity index (χ2n) is 6.87. The molecule has 7 nitrogen and oxygen atoms in total. The molecular weight excluding hydrogens is 408 g/mol. The van der Waals surface area contributed by atoms with Gasteiger partial charge in [-0.15, -0.1) is 11.3 Å². The lowest BCUT2D eigenvalue weighted by molar-refractivity contribution is -0.126. The summed E-state index contributed by atoms with van der Waals surface area (Å²) < 4.78 is 27.0. The Kier molecular flexibility index (Phi) is 7.03. The molecule has 0 spiro atoms. The van der Waals surface area contributed by atoms with E-state index in [2.05, 4.69) is 5.32 Å². The minimum atomic E-state index is -3.60. The molecule has 0 radical (unpaired) electrons. The first-order chi connectivity index (χ1) is 13.9. The summed E-state index contributed by atoms with van der Waals surface area (Å²) in [5, 5.41) is 13.8. The molecule has 2 heterocycles. The first kappa shape index (κ1) is 21.5. The predicted molar refractivity (Wildman–Crippen MR) is 112 cm³/mol. The van der Waals surface area contributed by atoms with Crippen molar-refractivity contribution in [1.29, 1.82) is 5.26 Å². The summed E-state index contributed by atoms with van der Waals surface area (Å²) in [7, 11) is -3.60. The summed E-state index contributed by atoms with van der Waals surface area (Å²) in [5.74, 6) is -0.0371. The second-order valence-corrected chi connectivity index (χ2v) is 9.84. The molecule has 1 unspecified atom stereocenters. The van der Waals surface area contributed by atoms with Crippen LogP contribution in [0.25, 0.3) is 0 Å². The van der Waals surface area contributed by atoms with Crippen LogP contribution in [0.4, 0.5) is 0 Å². The number of thiophene rings is 1. The van der Waals surface area contributed by atoms with Crippen molar-refractivity contribution in [2.75, 3.05) is 32.7 Å². The average Bonchev–Trinajstić information content (AvgIpc) is 3.26. The summed E-state index contributed by atoms with van der Waals surface area (Å²) >= 11 is 1.67. The van der Waals surface area contributed by atoms with Gasteiger partial charge in [0.15, 0.2) is 0 Å². The predicted octanol–water partition coefficient (Wildman–Crippen LogP) is 1.67. The van der Waals surface area contributed by atoms with Crippen LogP contribution in [0.15, 0.2) is 46.7 Å². The topological polar surface area (TPSA) is 93.5 Å². The Morgan fingerprint density at radius 1 is 1.21 bits per heavy atom. The molecule has 29 heavy (non-hydrogen) atoms. The molecule has 1 aliphatic heterocycles. The van der Waals surface area contributed by atoms with E-state index in [1.54, 1.807) is 11.3 Å². The van der Waals surface area contributed by atoms with Gasteiger partial charge in [0.2, 0.25) is 15.9 Å². The van der Waals surface area contributed by atoms with Crippen molar-refractivity contribution in [1.82, 2.24) is 14.5 Å². The Balaban J connectivity index is 1.50. The fourth-order valence-corrected chi connectivity index (χ4v) is 5.39. The van der Waals surface area contributed by atoms with Crippen LogP contribution in [0.1, 0.15) is 17.4 Å². The van der Waals surface area contributed by atoms with Crippen LogP contribution in [0.2, 0.25) is 0 Å². The Labute approximate surface area is 175 Å². The Morgan fingerprint density at radius 3 is 2.48 bits per heavy atom. The third-order valence-corrected chi connectivity index (χ3v) is 7.92. The largest absolute Gasteiger partial charge is 0.354 e. The standard InChI is InChI=1S/C20H24N4O3S2/c1-16(20(25)22-9-8-18-3-2-14-28-18)23-10-12-24(13-11-23)29(26,27)19-6-4-17(15-21)5-7-19/h2-7,14,16H,8-13H2,1H3,(H,22,25). The maximum absolute atomic E-state index is 12.8. The van der Waals surface area contributed by atoms with Gasteiger partial charge in [-0.25, -0.2) is 8.42 Å². The van der Waals surface area contributed by atoms with Crippen molar-refractivity contribution in [3.8, 4) is 6.07 Å². The zero-order chi connectivity index (χ0) is 20.9. The van der Waals surface area contributed by atoms with E-state index in [0.29, 0.717) is 38.3 Å². The van der Waals surface area contributed by atoms with Gasteiger partial charge in [-0.2, -0.15) is 9.57 Å². The van der Waals surface area contributed by atoms with Crippen LogP contribution in [0.5, 0.6) is 0 Å². The van der Waals surface area contributed by atoms with Gasteiger partial charge in [-0.3, -0.25) is 9.69 Å². The van der Waals surface area contributed by atoms with E-state index in [-0.39, 0.29) is 16.8 Å². The first-order valence-corrected chi connectivity index (χ1v) is 11.8. The number of hydrogen-bond donors (Lipinski definition) is 1. The number of nitrogens with one attached hydrogen (secondary N) is 1. The van der Waals surface area contributed by atoms with Crippen LogP contribution >= 0.6 is 11.3 Å². The van der Waals surface area contributed by atoms with E-state index in [9.17, 15) is 13.2 Å². The number of carbonyl (C=O) groups is 1. The molecule has 1 amide bonds. The molecule has 1 atom stereocenters. The van der Waals surface area contributed by atoms with Gasteiger partial charge < -0.3 is 5.32 Å². The summed E-state index contributed by atoms with van der Waals surface area (Å²) in [4.78, 5) is 15.8. The van der Waals surface area contributed by atoms with Gasteiger partial charge in [0, 0.05) is 37.6 Å². The van der Waals surface area contributed by atoms with Gasteiger partial charge in [0.1, 0.15) is 0 Å². The van der Waals surface area contributed by atoms with E-state index in [0.717, 1.165) is 6.42 Å². The zero-order valence-corrected chi connectivity index (χ0v) is 17.9. The lowest BCUT2D eigenvalue weighted by atomic mass is 10.2. The minimum absolute atomic E-state index is 0.0371. The highest BCUT2D eigenvalue weighted by Crippen LogP contribution is 2.19. The van der Waals surface area contributed by atoms with Gasteiger partial charge in [0.05, 0.1) is 22.6 Å². The first-order valence-electron chi connectivity index (χ1n) is 9.46. The van der Waals surface area contributed by atoms with Crippen LogP contribution < -0.4 is 5.32 Å². The van der Waals surface area contributed by atoms with Gasteiger partial charge in [-0.1, -0.05) is 6.07 Å². The van der Waals surface area contributed by atoms with Gasteiger partial charge in [0.25, 0.3) is 0 Å². The number of carbonyl (C=O) groups excluding carboxylic acids is 1. The van der Waals surface area contributed by atoms with Crippen molar-refractivity contribution in [2.45, 2.75) is 24.3 Å². The molecule has 9 heteroatoms. The van der Waals surface area contributed by atoms with E-state index in [4.69, 9.17) is 5.26 Å². The highest BCUT2D eigenvalue weighted by atomic mass is 32.2. The molecule has 0 aliphatic carbocycles. The van der Waals surface area contributed by atoms with E-state index in [1.807, 2.05) is 35.4 Å². The SMILES string of the molecule is CC(C(=O)NCCc1cccs1)N1CCN(S(=O)(=O)c2ccc(C#N)cc2)CC1. The van der Waals surface area contributed by atoms with Crippen molar-refractivity contribution in [3.63, 3.8) is 0 Å². The molecule has 1 N–H and O–H groups in total. The van der Waals surface area contributed by atoms with E-state index >= 15 is 0 Å². The number of sulfonamides is 1. The number of nitriles is 1. The fourth-order valence-electron chi connectivity index (χ4n) is 3.26. The number of piperazine rings is 1. The van der Waals surface area contributed by atoms with Crippen LogP contribution in [-0.2, 0) is 21.2 Å². The smallest absolute Gasteiger partial charge is 0.243 e. The number of hydrogen-bond acceptors (Lipinski definition) is 6. The van der Waals surface area contributed by atoms with E-state index < -0.39 is 10.0 Å². The summed E-state index contributed by atoms with van der Waals surface area (Å²) in [6.07, 6.45) is 0.812. The highest BCUT2D eigenvalue weighted by molar-refractivity contribution is 7.89. The lowest BCUT2D eigenvalue weighted by Gasteiger charge is -2.36. The molecule has 2 aromatic rings. The zero-order valence-electron chi connectivity index (χ0n) is 16.2. The maximum Gasteiger partial charge on any atom is 0.243 e. The Bertz CT molecular complexity index is 958. The molecule has 1 aliphatic rings. The normalized spacial score (nSPS) is 16.8. The van der Waals surface area contributed by atoms with Crippen molar-refractivity contribution < 1.29 is 13.2 Å². The third kappa shape index (κ3) is 5.22. The third-order valence-electron chi connectivity index (χ3n) is 5.07. The monoisotopic (exact) mass is 432 g/mol. The minimum Gasteiger partial charge on any atom is -0.354 e.